The Morgan fingerprint density at radius 1 is 0.316 bits per heavy atom. The third-order valence-corrected chi connectivity index (χ3v) is 22.9. The fraction of sp³-hybridized carbons (Fsp3) is 0.0526. The van der Waals surface area contributed by atoms with Crippen LogP contribution < -0.4 is 25.6 Å². The fourth-order valence-corrected chi connectivity index (χ4v) is 19.8. The van der Waals surface area contributed by atoms with Gasteiger partial charge in [0.15, 0.2) is 8.07 Å². The van der Waals surface area contributed by atoms with Gasteiger partial charge in [-0.1, -0.05) is 244 Å². The molecule has 0 radical (unpaired) electrons. The summed E-state index contributed by atoms with van der Waals surface area (Å²) in [6, 6.07) is 107. The molecule has 0 unspecified atom stereocenters. The first-order valence-electron chi connectivity index (χ1n) is 27.6. The minimum Gasteiger partial charge on any atom is -0.456 e. The van der Waals surface area contributed by atoms with Gasteiger partial charge in [0.25, 0.3) is 0 Å². The Kier molecular flexibility index (Phi) is 9.95. The van der Waals surface area contributed by atoms with Crippen LogP contribution in [0.2, 0.25) is 0 Å². The number of nitrogens with zero attached hydrogens (tertiary/aromatic N) is 1. The summed E-state index contributed by atoms with van der Waals surface area (Å²) in [7, 11) is -2.67. The highest BCUT2D eigenvalue weighted by atomic mass is 28.3. The summed E-state index contributed by atoms with van der Waals surface area (Å²) in [4.78, 5) is 2.48. The molecular formula is C76H53NOSi. The summed E-state index contributed by atoms with van der Waals surface area (Å²) < 4.78 is 6.91. The molecule has 1 aromatic heterocycles. The lowest BCUT2D eigenvalue weighted by molar-refractivity contribution is 0.660. The highest BCUT2D eigenvalue weighted by molar-refractivity contribution is 7.22. The Morgan fingerprint density at radius 2 is 0.810 bits per heavy atom. The average molecular weight is 1020 g/mol. The van der Waals surface area contributed by atoms with E-state index in [1.807, 2.05) is 0 Å². The van der Waals surface area contributed by atoms with Gasteiger partial charge in [-0.25, -0.2) is 0 Å². The van der Waals surface area contributed by atoms with Crippen molar-refractivity contribution in [2.24, 2.45) is 0 Å². The number of fused-ring (bicyclic) bond motifs is 12. The molecule has 0 amide bonds. The van der Waals surface area contributed by atoms with Gasteiger partial charge in [-0.15, -0.1) is 0 Å². The molecule has 2 heterocycles. The maximum absolute atomic E-state index is 6.91. The van der Waals surface area contributed by atoms with Crippen molar-refractivity contribution in [1.82, 2.24) is 0 Å². The molecule has 13 aromatic rings. The summed E-state index contributed by atoms with van der Waals surface area (Å²) in [5.74, 6) is 0. The molecule has 0 spiro atoms. The summed E-state index contributed by atoms with van der Waals surface area (Å²) in [5.41, 5.74) is 22.2. The SMILES string of the molecule is CC1(C)c2ccccc2-c2ccc(N(c3ccc4c(c3)C(c3ccccc3)(c3ccccc3)c3ccccc3-4)c3ccc4oc5cc(-c6cccc([Si]7(c8ccccc8)c8ccccc8-c8ccccc87)c6)ccc5c4c3)cc21. The van der Waals surface area contributed by atoms with Crippen LogP contribution in [0.4, 0.5) is 17.1 Å². The normalized spacial score (nSPS) is 14.5. The van der Waals surface area contributed by atoms with Gasteiger partial charge in [0.1, 0.15) is 11.2 Å². The summed E-state index contributed by atoms with van der Waals surface area (Å²) in [6.07, 6.45) is 0. The molecule has 3 heteroatoms. The van der Waals surface area contributed by atoms with Crippen molar-refractivity contribution >= 4 is 67.8 Å². The lowest BCUT2D eigenvalue weighted by atomic mass is 9.67. The van der Waals surface area contributed by atoms with E-state index in [2.05, 4.69) is 304 Å². The molecule has 2 nitrogen and oxygen atoms in total. The highest BCUT2D eigenvalue weighted by Gasteiger charge is 2.49. The Balaban J connectivity index is 0.863. The molecule has 2 aliphatic carbocycles. The second kappa shape index (κ2) is 17.2. The van der Waals surface area contributed by atoms with Crippen LogP contribution in [0.3, 0.4) is 0 Å². The fourth-order valence-electron chi connectivity index (χ4n) is 14.6. The zero-order valence-electron chi connectivity index (χ0n) is 44.0. The first-order valence-corrected chi connectivity index (χ1v) is 29.6. The van der Waals surface area contributed by atoms with Crippen molar-refractivity contribution < 1.29 is 4.42 Å². The van der Waals surface area contributed by atoms with Crippen LogP contribution in [0, 0.1) is 0 Å². The number of hydrogen-bond acceptors (Lipinski definition) is 2. The third-order valence-electron chi connectivity index (χ3n) is 18.0. The molecular weight excluding hydrogens is 971 g/mol. The van der Waals surface area contributed by atoms with Crippen LogP contribution in [0.15, 0.2) is 290 Å². The first kappa shape index (κ1) is 45.6. The Bertz CT molecular complexity index is 4510. The van der Waals surface area contributed by atoms with Crippen LogP contribution in [-0.2, 0) is 10.8 Å². The second-order valence-electron chi connectivity index (χ2n) is 22.3. The lowest BCUT2D eigenvalue weighted by Crippen LogP contribution is -2.72. The quantitative estimate of drug-likeness (QED) is 0.141. The monoisotopic (exact) mass is 1020 g/mol. The maximum atomic E-state index is 6.91. The average Bonchev–Trinajstić information content (AvgIpc) is 4.38. The van der Waals surface area contributed by atoms with E-state index < -0.39 is 13.5 Å². The van der Waals surface area contributed by atoms with Gasteiger partial charge in [0, 0.05) is 33.2 Å². The van der Waals surface area contributed by atoms with Gasteiger partial charge in [-0.05, 0) is 153 Å². The van der Waals surface area contributed by atoms with Gasteiger partial charge in [0.05, 0.1) is 5.41 Å². The van der Waals surface area contributed by atoms with Crippen molar-refractivity contribution in [3.05, 3.63) is 318 Å². The smallest absolute Gasteiger partial charge is 0.180 e. The molecule has 0 saturated heterocycles. The van der Waals surface area contributed by atoms with Gasteiger partial charge in [-0.2, -0.15) is 0 Å². The van der Waals surface area contributed by atoms with Crippen molar-refractivity contribution in [2.75, 3.05) is 4.90 Å². The summed E-state index contributed by atoms with van der Waals surface area (Å²) >= 11 is 0. The predicted octanol–water partition coefficient (Wildman–Crippen LogP) is 16.7. The molecule has 0 saturated carbocycles. The Labute approximate surface area is 462 Å². The molecule has 0 bridgehead atoms. The molecule has 0 N–H and O–H groups in total. The van der Waals surface area contributed by atoms with E-state index in [0.717, 1.165) is 44.6 Å². The van der Waals surface area contributed by atoms with E-state index in [4.69, 9.17) is 4.42 Å². The molecule has 12 aromatic carbocycles. The van der Waals surface area contributed by atoms with Crippen LogP contribution in [0.1, 0.15) is 47.2 Å². The maximum Gasteiger partial charge on any atom is 0.180 e. The van der Waals surface area contributed by atoms with Gasteiger partial charge in [-0.3, -0.25) is 0 Å². The molecule has 0 fully saturated rings. The van der Waals surface area contributed by atoms with E-state index in [9.17, 15) is 0 Å². The minimum atomic E-state index is -2.67. The summed E-state index contributed by atoms with van der Waals surface area (Å²) in [5, 5.41) is 7.84. The molecule has 372 valence electrons. The van der Waals surface area contributed by atoms with Crippen LogP contribution in [0.25, 0.3) is 66.4 Å². The third kappa shape index (κ3) is 6.45. The number of rotatable bonds is 8. The molecule has 3 aliphatic rings. The highest BCUT2D eigenvalue weighted by Crippen LogP contribution is 2.58. The second-order valence-corrected chi connectivity index (χ2v) is 26.0. The molecule has 16 rings (SSSR count). The van der Waals surface area contributed by atoms with Crippen molar-refractivity contribution in [1.29, 1.82) is 0 Å². The first-order chi connectivity index (χ1) is 38.9. The zero-order valence-corrected chi connectivity index (χ0v) is 45.0. The number of anilines is 3. The van der Waals surface area contributed by atoms with Crippen LogP contribution >= 0.6 is 0 Å². The Morgan fingerprint density at radius 3 is 1.48 bits per heavy atom. The lowest BCUT2D eigenvalue weighted by Gasteiger charge is -2.35. The van der Waals surface area contributed by atoms with E-state index in [0.29, 0.717) is 0 Å². The van der Waals surface area contributed by atoms with Crippen molar-refractivity contribution in [2.45, 2.75) is 24.7 Å². The van der Waals surface area contributed by atoms with E-state index in [1.165, 1.54) is 93.1 Å². The molecule has 79 heavy (non-hydrogen) atoms. The topological polar surface area (TPSA) is 16.4 Å². The van der Waals surface area contributed by atoms with Crippen LogP contribution in [0.5, 0.6) is 0 Å². The van der Waals surface area contributed by atoms with E-state index >= 15 is 0 Å². The standard InChI is InChI=1S/C76H53NOSi/c1-75(2)67-33-16-12-29-59(67)61-42-38-55(48-69(61)75)77(56-39-43-62-60-30-13-17-34-68(60)76(70(62)49-56,52-22-6-3-7-23-52)53-24-8-4-9-25-53)54-40-44-71-66(47-54)63-41-37-51(46-72(63)78-71)50-21-20-28-58(45-50)79(57-26-10-5-11-27-57)73-35-18-14-31-64(73)65-32-15-19-36-74(65)79/h3-49H,1-2H3. The van der Waals surface area contributed by atoms with Crippen molar-refractivity contribution in [3.8, 4) is 44.5 Å². The van der Waals surface area contributed by atoms with E-state index in [1.54, 1.807) is 0 Å². The number of hydrogen-bond donors (Lipinski definition) is 0. The van der Waals surface area contributed by atoms with Crippen LogP contribution in [-0.4, -0.2) is 8.07 Å². The zero-order chi connectivity index (χ0) is 52.5. The van der Waals surface area contributed by atoms with E-state index in [-0.39, 0.29) is 5.41 Å². The van der Waals surface area contributed by atoms with Gasteiger partial charge >= 0.3 is 0 Å². The molecule has 1 aliphatic heterocycles. The molecule has 0 atom stereocenters. The number of furan rings is 1. The largest absolute Gasteiger partial charge is 0.456 e. The summed E-state index contributed by atoms with van der Waals surface area (Å²) in [6.45, 7) is 4.74. The van der Waals surface area contributed by atoms with Gasteiger partial charge in [0.2, 0.25) is 0 Å². The number of benzene rings is 12. The minimum absolute atomic E-state index is 0.179. The predicted molar refractivity (Wildman–Crippen MR) is 331 cm³/mol. The van der Waals surface area contributed by atoms with Gasteiger partial charge < -0.3 is 9.32 Å². The Hall–Kier alpha value is -9.54. The van der Waals surface area contributed by atoms with Crippen molar-refractivity contribution in [3.63, 3.8) is 0 Å².